The van der Waals surface area contributed by atoms with E-state index in [0.717, 1.165) is 16.5 Å². The molecular weight excluding hydrogens is 252 g/mol. The molecule has 1 atom stereocenters. The van der Waals surface area contributed by atoms with Crippen LogP contribution in [0, 0.1) is 0 Å². The number of rotatable bonds is 4. The van der Waals surface area contributed by atoms with Crippen molar-refractivity contribution in [1.29, 1.82) is 0 Å². The number of fused-ring (bicyclic) bond motifs is 1. The quantitative estimate of drug-likeness (QED) is 0.889. The van der Waals surface area contributed by atoms with Crippen molar-refractivity contribution >= 4 is 28.5 Å². The number of carbonyl (C=O) groups is 1. The third-order valence-corrected chi connectivity index (χ3v) is 3.08. The van der Waals surface area contributed by atoms with E-state index < -0.39 is 5.97 Å². The fraction of sp³-hybridized carbons (Fsp3) is 0.231. The molecule has 2 rings (SSSR count). The Bertz CT molecular complexity index is 586. The molecule has 3 N–H and O–H groups in total. The molecule has 94 valence electrons. The zero-order valence-electron chi connectivity index (χ0n) is 9.64. The molecule has 1 unspecified atom stereocenters. The van der Waals surface area contributed by atoms with Gasteiger partial charge in [-0.05, 0) is 36.4 Å². The van der Waals surface area contributed by atoms with Crippen molar-refractivity contribution in [3.05, 3.63) is 41.0 Å². The van der Waals surface area contributed by atoms with Crippen molar-refractivity contribution in [3.8, 4) is 0 Å². The van der Waals surface area contributed by atoms with E-state index in [1.165, 1.54) is 0 Å². The molecule has 1 aromatic carbocycles. The molecule has 0 fully saturated rings. The van der Waals surface area contributed by atoms with Crippen molar-refractivity contribution < 1.29 is 9.90 Å². The number of nitrogens with two attached hydrogens (primary N) is 1. The van der Waals surface area contributed by atoms with Gasteiger partial charge in [-0.1, -0.05) is 11.6 Å². The molecule has 0 bridgehead atoms. The van der Waals surface area contributed by atoms with Gasteiger partial charge in [0.05, 0.1) is 11.9 Å². The number of hydrogen-bond donors (Lipinski definition) is 2. The third kappa shape index (κ3) is 2.78. The molecule has 1 aromatic heterocycles. The van der Waals surface area contributed by atoms with Crippen molar-refractivity contribution in [3.63, 3.8) is 0 Å². The van der Waals surface area contributed by atoms with E-state index in [1.807, 2.05) is 18.2 Å². The predicted octanol–water partition coefficient (Wildman–Crippen LogP) is 2.41. The Labute approximate surface area is 109 Å². The van der Waals surface area contributed by atoms with E-state index in [0.29, 0.717) is 5.02 Å². The Balaban J connectivity index is 2.41. The average molecular weight is 265 g/mol. The van der Waals surface area contributed by atoms with Crippen LogP contribution in [0.5, 0.6) is 0 Å². The van der Waals surface area contributed by atoms with Gasteiger partial charge in [0, 0.05) is 22.5 Å². The summed E-state index contributed by atoms with van der Waals surface area (Å²) >= 11 is 5.92. The van der Waals surface area contributed by atoms with E-state index in [9.17, 15) is 4.79 Å². The third-order valence-electron chi connectivity index (χ3n) is 2.84. The monoisotopic (exact) mass is 264 g/mol. The first kappa shape index (κ1) is 12.8. The van der Waals surface area contributed by atoms with Crippen LogP contribution in [0.2, 0.25) is 5.02 Å². The predicted molar refractivity (Wildman–Crippen MR) is 70.8 cm³/mol. The summed E-state index contributed by atoms with van der Waals surface area (Å²) in [6.45, 7) is 0.278. The first-order valence-corrected chi connectivity index (χ1v) is 5.95. The van der Waals surface area contributed by atoms with Crippen LogP contribution < -0.4 is 5.73 Å². The Morgan fingerprint density at radius 2 is 2.22 bits per heavy atom. The Morgan fingerprint density at radius 3 is 2.89 bits per heavy atom. The minimum Gasteiger partial charge on any atom is -0.481 e. The van der Waals surface area contributed by atoms with Gasteiger partial charge in [0.2, 0.25) is 0 Å². The highest BCUT2D eigenvalue weighted by molar-refractivity contribution is 6.31. The van der Waals surface area contributed by atoms with E-state index in [2.05, 4.69) is 4.98 Å². The largest absolute Gasteiger partial charge is 0.481 e. The molecule has 0 aliphatic rings. The molecule has 4 nitrogen and oxygen atoms in total. The van der Waals surface area contributed by atoms with Gasteiger partial charge < -0.3 is 10.8 Å². The van der Waals surface area contributed by atoms with Gasteiger partial charge in [0.1, 0.15) is 0 Å². The van der Waals surface area contributed by atoms with Crippen LogP contribution >= 0.6 is 11.6 Å². The highest BCUT2D eigenvalue weighted by Crippen LogP contribution is 2.24. The molecule has 0 aliphatic carbocycles. The van der Waals surface area contributed by atoms with Crippen LogP contribution in [-0.2, 0) is 4.79 Å². The smallest absolute Gasteiger partial charge is 0.304 e. The second kappa shape index (κ2) is 5.33. The lowest BCUT2D eigenvalue weighted by molar-refractivity contribution is -0.137. The van der Waals surface area contributed by atoms with Crippen molar-refractivity contribution in [1.82, 2.24) is 4.98 Å². The molecule has 5 heteroatoms. The van der Waals surface area contributed by atoms with E-state index in [-0.39, 0.29) is 18.9 Å². The molecule has 0 amide bonds. The number of benzene rings is 1. The average Bonchev–Trinajstić information content (AvgIpc) is 2.34. The van der Waals surface area contributed by atoms with Crippen LogP contribution in [0.1, 0.15) is 17.9 Å². The molecule has 0 saturated heterocycles. The highest BCUT2D eigenvalue weighted by atomic mass is 35.5. The lowest BCUT2D eigenvalue weighted by Gasteiger charge is -2.13. The summed E-state index contributed by atoms with van der Waals surface area (Å²) < 4.78 is 0. The summed E-state index contributed by atoms with van der Waals surface area (Å²) in [7, 11) is 0. The van der Waals surface area contributed by atoms with Crippen LogP contribution in [-0.4, -0.2) is 22.6 Å². The lowest BCUT2D eigenvalue weighted by atomic mass is 9.96. The van der Waals surface area contributed by atoms with Gasteiger partial charge in [-0.2, -0.15) is 0 Å². The molecule has 1 heterocycles. The Kier molecular flexibility index (Phi) is 3.79. The second-order valence-electron chi connectivity index (χ2n) is 4.14. The molecular formula is C13H13ClN2O2. The van der Waals surface area contributed by atoms with Gasteiger partial charge in [-0.15, -0.1) is 0 Å². The summed E-state index contributed by atoms with van der Waals surface area (Å²) in [5, 5.41) is 10.4. The minimum atomic E-state index is -0.864. The topological polar surface area (TPSA) is 76.2 Å². The van der Waals surface area contributed by atoms with Crippen LogP contribution in [0.25, 0.3) is 10.9 Å². The minimum absolute atomic E-state index is 0.00422. The van der Waals surface area contributed by atoms with Gasteiger partial charge >= 0.3 is 5.97 Å². The first-order valence-electron chi connectivity index (χ1n) is 5.57. The zero-order chi connectivity index (χ0) is 13.1. The summed E-state index contributed by atoms with van der Waals surface area (Å²) in [5.74, 6) is -1.09. The van der Waals surface area contributed by atoms with Crippen molar-refractivity contribution in [2.75, 3.05) is 6.54 Å². The van der Waals surface area contributed by atoms with Gasteiger partial charge in [-0.25, -0.2) is 0 Å². The highest BCUT2D eigenvalue weighted by Gasteiger charge is 2.14. The van der Waals surface area contributed by atoms with Crippen LogP contribution in [0.3, 0.4) is 0 Å². The number of pyridine rings is 1. The Morgan fingerprint density at radius 1 is 1.44 bits per heavy atom. The number of halogens is 1. The van der Waals surface area contributed by atoms with Crippen LogP contribution in [0.15, 0.2) is 30.5 Å². The number of carboxylic acid groups (broad SMARTS) is 1. The van der Waals surface area contributed by atoms with Crippen molar-refractivity contribution in [2.45, 2.75) is 12.3 Å². The van der Waals surface area contributed by atoms with E-state index >= 15 is 0 Å². The van der Waals surface area contributed by atoms with Gasteiger partial charge in [-0.3, -0.25) is 9.78 Å². The standard InChI is InChI=1S/C13H13ClN2O2/c14-11-1-2-12-8(4-11)3-10(7-16-12)9(6-15)5-13(17)18/h1-4,7,9H,5-6,15H2,(H,17,18). The van der Waals surface area contributed by atoms with Gasteiger partial charge in [0.15, 0.2) is 0 Å². The second-order valence-corrected chi connectivity index (χ2v) is 4.57. The van der Waals surface area contributed by atoms with E-state index in [4.69, 9.17) is 22.4 Å². The molecule has 0 spiro atoms. The maximum absolute atomic E-state index is 10.8. The Hall–Kier alpha value is -1.65. The summed E-state index contributed by atoms with van der Waals surface area (Å²) in [6, 6.07) is 7.31. The number of nitrogens with zero attached hydrogens (tertiary/aromatic N) is 1. The fourth-order valence-corrected chi connectivity index (χ4v) is 2.07. The molecule has 0 saturated carbocycles. The summed E-state index contributed by atoms with van der Waals surface area (Å²) in [6.07, 6.45) is 1.68. The fourth-order valence-electron chi connectivity index (χ4n) is 1.89. The van der Waals surface area contributed by atoms with E-state index in [1.54, 1.807) is 12.3 Å². The maximum Gasteiger partial charge on any atom is 0.304 e. The van der Waals surface area contributed by atoms with Crippen molar-refractivity contribution in [2.24, 2.45) is 5.73 Å². The zero-order valence-corrected chi connectivity index (χ0v) is 10.4. The van der Waals surface area contributed by atoms with Gasteiger partial charge in [0.25, 0.3) is 0 Å². The lowest BCUT2D eigenvalue weighted by Crippen LogP contribution is -2.16. The summed E-state index contributed by atoms with van der Waals surface area (Å²) in [4.78, 5) is 15.1. The number of hydrogen-bond acceptors (Lipinski definition) is 3. The SMILES string of the molecule is NCC(CC(=O)O)c1cnc2ccc(Cl)cc2c1. The number of aromatic nitrogens is 1. The molecule has 0 aliphatic heterocycles. The first-order chi connectivity index (χ1) is 8.60. The number of aliphatic carboxylic acids is 1. The normalized spacial score (nSPS) is 12.6. The molecule has 0 radical (unpaired) electrons. The number of carboxylic acids is 1. The van der Waals surface area contributed by atoms with Crippen LogP contribution in [0.4, 0.5) is 0 Å². The molecule has 2 aromatic rings. The molecule has 18 heavy (non-hydrogen) atoms. The maximum atomic E-state index is 10.8. The summed E-state index contributed by atoms with van der Waals surface area (Å²) in [5.41, 5.74) is 7.27.